The summed E-state index contributed by atoms with van der Waals surface area (Å²) in [6, 6.07) is 6.23. The molecule has 1 aromatic heterocycles. The van der Waals surface area contributed by atoms with Crippen LogP contribution in [-0.2, 0) is 19.9 Å². The first-order valence-corrected chi connectivity index (χ1v) is 6.48. The molecule has 0 saturated carbocycles. The van der Waals surface area contributed by atoms with Crippen molar-refractivity contribution >= 4 is 0 Å². The average molecular weight is 244 g/mol. The highest BCUT2D eigenvalue weighted by atomic mass is 16.5. The summed E-state index contributed by atoms with van der Waals surface area (Å²) in [6.07, 6.45) is 4.26. The molecule has 0 unspecified atom stereocenters. The largest absolute Gasteiger partial charge is 0.497 e. The first kappa shape index (κ1) is 12.7. The maximum atomic E-state index is 5.25. The zero-order valence-electron chi connectivity index (χ0n) is 11.5. The van der Waals surface area contributed by atoms with Crippen LogP contribution in [0.4, 0.5) is 0 Å². The Hall–Kier alpha value is -1.77. The molecule has 1 aliphatic rings. The predicted molar refractivity (Wildman–Crippen MR) is 74.0 cm³/mol. The topological polar surface area (TPSA) is 27.1 Å². The van der Waals surface area contributed by atoms with Crippen LogP contribution in [0, 0.1) is 0 Å². The molecule has 0 spiro atoms. The van der Waals surface area contributed by atoms with E-state index in [4.69, 9.17) is 4.74 Å². The molecule has 1 aliphatic carbocycles. The van der Waals surface area contributed by atoms with E-state index in [9.17, 15) is 0 Å². The molecule has 0 N–H and O–H groups in total. The molecule has 96 valence electrons. The van der Waals surface area contributed by atoms with Crippen LogP contribution in [0.1, 0.15) is 25.0 Å². The van der Waals surface area contributed by atoms with Gasteiger partial charge in [0.15, 0.2) is 0 Å². The summed E-state index contributed by atoms with van der Waals surface area (Å²) in [4.78, 5) is 0. The Morgan fingerprint density at radius 1 is 1.17 bits per heavy atom. The van der Waals surface area contributed by atoms with E-state index < -0.39 is 0 Å². The quantitative estimate of drug-likeness (QED) is 0.770. The monoisotopic (exact) mass is 244 g/mol. The van der Waals surface area contributed by atoms with Crippen molar-refractivity contribution < 1.29 is 4.74 Å². The zero-order valence-corrected chi connectivity index (χ0v) is 11.5. The van der Waals surface area contributed by atoms with E-state index in [-0.39, 0.29) is 0 Å². The maximum absolute atomic E-state index is 5.25. The van der Waals surface area contributed by atoms with Crippen molar-refractivity contribution in [3.8, 4) is 17.0 Å². The van der Waals surface area contributed by atoms with E-state index in [1.54, 1.807) is 7.11 Å². The second-order valence-corrected chi connectivity index (χ2v) is 4.20. The van der Waals surface area contributed by atoms with E-state index in [1.807, 2.05) is 31.6 Å². The number of fused-ring (bicyclic) bond motifs is 3. The van der Waals surface area contributed by atoms with Crippen molar-refractivity contribution in [3.63, 3.8) is 0 Å². The van der Waals surface area contributed by atoms with Crippen LogP contribution in [0.3, 0.4) is 0 Å². The van der Waals surface area contributed by atoms with Gasteiger partial charge >= 0.3 is 0 Å². The number of methoxy groups -OCH3 is 1. The van der Waals surface area contributed by atoms with Gasteiger partial charge in [0.2, 0.25) is 0 Å². The fourth-order valence-electron chi connectivity index (χ4n) is 2.35. The molecule has 0 bridgehead atoms. The van der Waals surface area contributed by atoms with Gasteiger partial charge in [0, 0.05) is 18.8 Å². The summed E-state index contributed by atoms with van der Waals surface area (Å²) in [5.74, 6) is 0.929. The summed E-state index contributed by atoms with van der Waals surface area (Å²) in [7, 11) is 3.68. The number of ether oxygens (including phenoxy) is 1. The van der Waals surface area contributed by atoms with Crippen LogP contribution in [0.15, 0.2) is 24.4 Å². The smallest absolute Gasteiger partial charge is 0.119 e. The van der Waals surface area contributed by atoms with Crippen LogP contribution in [0.25, 0.3) is 11.3 Å². The van der Waals surface area contributed by atoms with Crippen molar-refractivity contribution in [2.24, 2.45) is 7.05 Å². The number of aromatic nitrogens is 2. The van der Waals surface area contributed by atoms with Gasteiger partial charge in [-0.1, -0.05) is 13.8 Å². The minimum Gasteiger partial charge on any atom is -0.497 e. The highest BCUT2D eigenvalue weighted by molar-refractivity contribution is 5.70. The maximum Gasteiger partial charge on any atom is 0.119 e. The number of nitrogens with zero attached hydrogens (tertiary/aromatic N) is 2. The number of benzene rings is 1. The molecule has 0 aliphatic heterocycles. The SMILES string of the molecule is CC.COc1ccc2c(c1)CCc1cn(C)nc1-2. The highest BCUT2D eigenvalue weighted by Crippen LogP contribution is 2.33. The third-order valence-electron chi connectivity index (χ3n) is 3.14. The standard InChI is InChI=1S/C13H14N2O.C2H6/c1-15-8-10-4-3-9-7-11(16-2)5-6-12(9)13(10)14-15;1-2/h5-8H,3-4H2,1-2H3;1-2H3. The lowest BCUT2D eigenvalue weighted by atomic mass is 9.90. The van der Waals surface area contributed by atoms with Crippen LogP contribution < -0.4 is 4.74 Å². The molecular formula is C15H20N2O. The van der Waals surface area contributed by atoms with Crippen molar-refractivity contribution in [3.05, 3.63) is 35.5 Å². The van der Waals surface area contributed by atoms with Gasteiger partial charge in [-0.15, -0.1) is 0 Å². The van der Waals surface area contributed by atoms with Gasteiger partial charge in [0.1, 0.15) is 5.75 Å². The Morgan fingerprint density at radius 2 is 1.89 bits per heavy atom. The summed E-state index contributed by atoms with van der Waals surface area (Å²) in [5, 5.41) is 4.52. The van der Waals surface area contributed by atoms with Crippen LogP contribution in [-0.4, -0.2) is 16.9 Å². The van der Waals surface area contributed by atoms with Gasteiger partial charge in [-0.25, -0.2) is 0 Å². The molecule has 0 radical (unpaired) electrons. The lowest BCUT2D eigenvalue weighted by Crippen LogP contribution is -2.02. The van der Waals surface area contributed by atoms with Crippen molar-refractivity contribution in [2.75, 3.05) is 7.11 Å². The number of hydrogen-bond acceptors (Lipinski definition) is 2. The molecule has 3 rings (SSSR count). The third-order valence-corrected chi connectivity index (χ3v) is 3.14. The Labute approximate surface area is 108 Å². The normalized spacial score (nSPS) is 12.0. The highest BCUT2D eigenvalue weighted by Gasteiger charge is 2.19. The van der Waals surface area contributed by atoms with Gasteiger partial charge in [0.05, 0.1) is 12.8 Å². The Morgan fingerprint density at radius 3 is 2.61 bits per heavy atom. The first-order valence-electron chi connectivity index (χ1n) is 6.48. The second kappa shape index (κ2) is 5.25. The minimum absolute atomic E-state index is 0.929. The van der Waals surface area contributed by atoms with E-state index in [0.717, 1.165) is 24.3 Å². The van der Waals surface area contributed by atoms with Crippen molar-refractivity contribution in [1.29, 1.82) is 0 Å². The number of rotatable bonds is 1. The van der Waals surface area contributed by atoms with Crippen LogP contribution >= 0.6 is 0 Å². The second-order valence-electron chi connectivity index (χ2n) is 4.20. The van der Waals surface area contributed by atoms with Gasteiger partial charge in [-0.2, -0.15) is 5.10 Å². The summed E-state index contributed by atoms with van der Waals surface area (Å²) >= 11 is 0. The number of aryl methyl sites for hydroxylation is 3. The lowest BCUT2D eigenvalue weighted by Gasteiger charge is -2.15. The Kier molecular flexibility index (Phi) is 3.70. The van der Waals surface area contributed by atoms with Gasteiger partial charge in [-0.3, -0.25) is 4.68 Å². The third kappa shape index (κ3) is 2.13. The van der Waals surface area contributed by atoms with E-state index in [1.165, 1.54) is 16.7 Å². The Bertz CT molecular complexity index is 543. The predicted octanol–water partition coefficient (Wildman–Crippen LogP) is 3.22. The molecule has 0 atom stereocenters. The zero-order chi connectivity index (χ0) is 13.1. The van der Waals surface area contributed by atoms with E-state index in [2.05, 4.69) is 23.4 Å². The first-order chi connectivity index (χ1) is 8.78. The molecule has 0 amide bonds. The van der Waals surface area contributed by atoms with Gasteiger partial charge < -0.3 is 4.74 Å². The summed E-state index contributed by atoms with van der Waals surface area (Å²) in [5.41, 5.74) is 5.07. The molecule has 2 aromatic rings. The Balaban J connectivity index is 0.000000574. The minimum atomic E-state index is 0.929. The van der Waals surface area contributed by atoms with Gasteiger partial charge in [-0.05, 0) is 42.2 Å². The molecule has 0 fully saturated rings. The molecular weight excluding hydrogens is 224 g/mol. The number of hydrogen-bond donors (Lipinski definition) is 0. The molecule has 3 heteroatoms. The van der Waals surface area contributed by atoms with Crippen LogP contribution in [0.5, 0.6) is 5.75 Å². The average Bonchev–Trinajstić information content (AvgIpc) is 2.81. The molecule has 1 heterocycles. The van der Waals surface area contributed by atoms with E-state index in [0.29, 0.717) is 0 Å². The van der Waals surface area contributed by atoms with Crippen molar-refractivity contribution in [2.45, 2.75) is 26.7 Å². The summed E-state index contributed by atoms with van der Waals surface area (Å²) < 4.78 is 7.14. The lowest BCUT2D eigenvalue weighted by molar-refractivity contribution is 0.414. The van der Waals surface area contributed by atoms with E-state index >= 15 is 0 Å². The fourth-order valence-corrected chi connectivity index (χ4v) is 2.35. The van der Waals surface area contributed by atoms with Crippen molar-refractivity contribution in [1.82, 2.24) is 9.78 Å². The van der Waals surface area contributed by atoms with Crippen LogP contribution in [0.2, 0.25) is 0 Å². The van der Waals surface area contributed by atoms with Gasteiger partial charge in [0.25, 0.3) is 0 Å². The molecule has 18 heavy (non-hydrogen) atoms. The molecule has 0 saturated heterocycles. The molecule has 1 aromatic carbocycles. The molecule has 3 nitrogen and oxygen atoms in total. The summed E-state index contributed by atoms with van der Waals surface area (Å²) in [6.45, 7) is 4.00. The fraction of sp³-hybridized carbons (Fsp3) is 0.400.